The van der Waals surface area contributed by atoms with Gasteiger partial charge in [0, 0.05) is 19.0 Å². The molecule has 0 unspecified atom stereocenters. The van der Waals surface area contributed by atoms with Crippen LogP contribution in [0.3, 0.4) is 0 Å². The summed E-state index contributed by atoms with van der Waals surface area (Å²) >= 11 is 1.54. The van der Waals surface area contributed by atoms with Crippen molar-refractivity contribution >= 4 is 17.2 Å². The van der Waals surface area contributed by atoms with Gasteiger partial charge in [0.1, 0.15) is 5.82 Å². The molecule has 22 heavy (non-hydrogen) atoms. The van der Waals surface area contributed by atoms with Gasteiger partial charge in [-0.25, -0.2) is 0 Å². The molecule has 1 aliphatic heterocycles. The van der Waals surface area contributed by atoms with Crippen LogP contribution >= 0.6 is 11.3 Å². The first-order valence-electron chi connectivity index (χ1n) is 7.01. The van der Waals surface area contributed by atoms with Crippen LogP contribution in [0.25, 0.3) is 10.6 Å². The fourth-order valence-corrected chi connectivity index (χ4v) is 3.18. The molecule has 8 heteroatoms. The Labute approximate surface area is 130 Å². The number of rotatable bonds is 4. The Morgan fingerprint density at radius 2 is 2.41 bits per heavy atom. The minimum absolute atomic E-state index is 0.268. The molecule has 4 rings (SSSR count). The maximum atomic E-state index is 12.1. The molecule has 112 valence electrons. The smallest absolute Gasteiger partial charge is 0.273 e. The average molecular weight is 315 g/mol. The lowest BCUT2D eigenvalue weighted by molar-refractivity contribution is 0.0940. The number of aryl methyl sites for hydroxylation is 1. The summed E-state index contributed by atoms with van der Waals surface area (Å²) in [6.07, 6.45) is 2.04. The minimum Gasteiger partial charge on any atom is -0.355 e. The van der Waals surface area contributed by atoms with Gasteiger partial charge in [-0.15, -0.1) is 21.5 Å². The first-order valence-corrected chi connectivity index (χ1v) is 7.89. The van der Waals surface area contributed by atoms with Gasteiger partial charge in [-0.05, 0) is 17.9 Å². The molecule has 3 aromatic heterocycles. The average Bonchev–Trinajstić information content (AvgIpc) is 3.28. The van der Waals surface area contributed by atoms with Crippen LogP contribution in [0.1, 0.15) is 28.6 Å². The third kappa shape index (κ3) is 2.31. The summed E-state index contributed by atoms with van der Waals surface area (Å²) in [5.74, 6) is 2.10. The van der Waals surface area contributed by atoms with Crippen LogP contribution in [0.4, 0.5) is 0 Å². The molecule has 1 aliphatic rings. The Morgan fingerprint density at radius 3 is 3.27 bits per heavy atom. The topological polar surface area (TPSA) is 85.8 Å². The number of nitrogens with zero attached hydrogens (tertiary/aromatic N) is 4. The molecule has 0 saturated carbocycles. The zero-order valence-electron chi connectivity index (χ0n) is 11.7. The number of thiophene rings is 1. The minimum atomic E-state index is -0.276. The van der Waals surface area contributed by atoms with Gasteiger partial charge >= 0.3 is 0 Å². The van der Waals surface area contributed by atoms with Crippen LogP contribution < -0.4 is 5.32 Å². The molecule has 3 aromatic rings. The molecule has 4 heterocycles. The van der Waals surface area contributed by atoms with Crippen LogP contribution in [0.5, 0.6) is 0 Å². The van der Waals surface area contributed by atoms with Crippen molar-refractivity contribution in [2.24, 2.45) is 0 Å². The lowest BCUT2D eigenvalue weighted by Gasteiger charge is -2.03. The summed E-state index contributed by atoms with van der Waals surface area (Å²) in [5.41, 5.74) is 0.268. The summed E-state index contributed by atoms with van der Waals surface area (Å²) in [5, 5.41) is 16.8. The van der Waals surface area contributed by atoms with E-state index in [-0.39, 0.29) is 11.6 Å². The van der Waals surface area contributed by atoms with E-state index in [1.165, 1.54) is 11.3 Å². The SMILES string of the molecule is O=C(NCc1nnc2n1CCC2)c1cc(-c2cccs2)on1. The van der Waals surface area contributed by atoms with Crippen molar-refractivity contribution in [2.45, 2.75) is 25.9 Å². The van der Waals surface area contributed by atoms with Crippen LogP contribution in [-0.2, 0) is 19.5 Å². The van der Waals surface area contributed by atoms with E-state index < -0.39 is 0 Å². The highest BCUT2D eigenvalue weighted by Gasteiger charge is 2.19. The van der Waals surface area contributed by atoms with Crippen molar-refractivity contribution in [1.29, 1.82) is 0 Å². The number of fused-ring (bicyclic) bond motifs is 1. The predicted octanol–water partition coefficient (Wildman–Crippen LogP) is 1.87. The number of carbonyl (C=O) groups excluding carboxylic acids is 1. The van der Waals surface area contributed by atoms with E-state index in [2.05, 4.69) is 25.2 Å². The van der Waals surface area contributed by atoms with E-state index in [9.17, 15) is 4.79 Å². The van der Waals surface area contributed by atoms with E-state index >= 15 is 0 Å². The second-order valence-electron chi connectivity index (χ2n) is 5.02. The zero-order valence-corrected chi connectivity index (χ0v) is 12.5. The summed E-state index contributed by atoms with van der Waals surface area (Å²) in [7, 11) is 0. The molecule has 0 aromatic carbocycles. The predicted molar refractivity (Wildman–Crippen MR) is 79.3 cm³/mol. The molecule has 0 radical (unpaired) electrons. The number of nitrogens with one attached hydrogen (secondary N) is 1. The van der Waals surface area contributed by atoms with E-state index in [4.69, 9.17) is 4.52 Å². The highest BCUT2D eigenvalue weighted by molar-refractivity contribution is 7.13. The Balaban J connectivity index is 1.44. The van der Waals surface area contributed by atoms with Crippen molar-refractivity contribution < 1.29 is 9.32 Å². The molecular weight excluding hydrogens is 302 g/mol. The Hall–Kier alpha value is -2.48. The van der Waals surface area contributed by atoms with E-state index in [0.717, 1.165) is 35.9 Å². The maximum absolute atomic E-state index is 12.1. The van der Waals surface area contributed by atoms with Crippen LogP contribution in [-0.4, -0.2) is 25.8 Å². The Bertz CT molecular complexity index is 805. The summed E-state index contributed by atoms with van der Waals surface area (Å²) in [6.45, 7) is 1.26. The van der Waals surface area contributed by atoms with Gasteiger partial charge in [-0.3, -0.25) is 4.79 Å². The highest BCUT2D eigenvalue weighted by atomic mass is 32.1. The van der Waals surface area contributed by atoms with Gasteiger partial charge in [-0.2, -0.15) is 0 Å². The van der Waals surface area contributed by atoms with Gasteiger partial charge in [-0.1, -0.05) is 11.2 Å². The second kappa shape index (κ2) is 5.38. The number of hydrogen-bond acceptors (Lipinski definition) is 6. The van der Waals surface area contributed by atoms with Crippen LogP contribution in [0, 0.1) is 0 Å². The number of amides is 1. The molecule has 0 saturated heterocycles. The van der Waals surface area contributed by atoms with Crippen molar-refractivity contribution in [3.8, 4) is 10.6 Å². The molecule has 1 N–H and O–H groups in total. The summed E-state index contributed by atoms with van der Waals surface area (Å²) in [4.78, 5) is 13.1. The summed E-state index contributed by atoms with van der Waals surface area (Å²) in [6, 6.07) is 5.50. The first-order chi connectivity index (χ1) is 10.8. The van der Waals surface area contributed by atoms with Crippen molar-refractivity contribution in [2.75, 3.05) is 0 Å². The molecular formula is C14H13N5O2S. The van der Waals surface area contributed by atoms with E-state index in [0.29, 0.717) is 12.3 Å². The standard InChI is InChI=1S/C14H13N5O2S/c20-14(9-7-10(21-18-9)11-3-2-6-22-11)15-8-13-17-16-12-4-1-5-19(12)13/h2-3,6-7H,1,4-5,8H2,(H,15,20). The molecule has 0 bridgehead atoms. The quantitative estimate of drug-likeness (QED) is 0.794. The van der Waals surface area contributed by atoms with E-state index in [1.807, 2.05) is 17.5 Å². The Morgan fingerprint density at radius 1 is 1.45 bits per heavy atom. The largest absolute Gasteiger partial charge is 0.355 e. The molecule has 0 aliphatic carbocycles. The van der Waals surface area contributed by atoms with Crippen molar-refractivity contribution in [3.63, 3.8) is 0 Å². The number of aromatic nitrogens is 4. The van der Waals surface area contributed by atoms with Gasteiger partial charge < -0.3 is 14.4 Å². The zero-order chi connectivity index (χ0) is 14.9. The van der Waals surface area contributed by atoms with Crippen molar-refractivity contribution in [3.05, 3.63) is 40.9 Å². The number of carbonyl (C=O) groups is 1. The molecule has 0 fully saturated rings. The monoisotopic (exact) mass is 315 g/mol. The molecule has 0 atom stereocenters. The van der Waals surface area contributed by atoms with Gasteiger partial charge in [0.2, 0.25) is 0 Å². The van der Waals surface area contributed by atoms with Gasteiger partial charge in [0.15, 0.2) is 17.3 Å². The Kier molecular flexibility index (Phi) is 3.23. The highest BCUT2D eigenvalue weighted by Crippen LogP contribution is 2.25. The number of hydrogen-bond donors (Lipinski definition) is 1. The van der Waals surface area contributed by atoms with Gasteiger partial charge in [0.25, 0.3) is 5.91 Å². The fraction of sp³-hybridized carbons (Fsp3) is 0.286. The third-order valence-electron chi connectivity index (χ3n) is 3.60. The molecule has 7 nitrogen and oxygen atoms in total. The lowest BCUT2D eigenvalue weighted by atomic mass is 10.3. The van der Waals surface area contributed by atoms with Gasteiger partial charge in [0.05, 0.1) is 11.4 Å². The second-order valence-corrected chi connectivity index (χ2v) is 5.97. The first kappa shape index (κ1) is 13.2. The summed E-state index contributed by atoms with van der Waals surface area (Å²) < 4.78 is 7.26. The normalized spacial score (nSPS) is 13.3. The molecule has 1 amide bonds. The maximum Gasteiger partial charge on any atom is 0.273 e. The van der Waals surface area contributed by atoms with Crippen LogP contribution in [0.15, 0.2) is 28.1 Å². The van der Waals surface area contributed by atoms with Crippen LogP contribution in [0.2, 0.25) is 0 Å². The lowest BCUT2D eigenvalue weighted by Crippen LogP contribution is -2.24. The van der Waals surface area contributed by atoms with E-state index in [1.54, 1.807) is 6.07 Å². The fourth-order valence-electron chi connectivity index (χ4n) is 2.51. The third-order valence-corrected chi connectivity index (χ3v) is 4.48. The molecule has 0 spiro atoms. The van der Waals surface area contributed by atoms with Crippen molar-refractivity contribution in [1.82, 2.24) is 25.2 Å².